The van der Waals surface area contributed by atoms with E-state index < -0.39 is 0 Å². The minimum Gasteiger partial charge on any atom is -0.472 e. The van der Waals surface area contributed by atoms with Gasteiger partial charge in [0.1, 0.15) is 0 Å². The van der Waals surface area contributed by atoms with Crippen LogP contribution in [0.1, 0.15) is 39.2 Å². The van der Waals surface area contributed by atoms with Crippen LogP contribution in [-0.4, -0.2) is 12.6 Å². The average molecular weight is 276 g/mol. The maximum atomic E-state index is 10.9. The van der Waals surface area contributed by atoms with Crippen LogP contribution in [0.3, 0.4) is 0 Å². The van der Waals surface area contributed by atoms with Crippen LogP contribution >= 0.6 is 0 Å². The highest BCUT2D eigenvalue weighted by Gasteiger charge is 2.26. The van der Waals surface area contributed by atoms with Crippen molar-refractivity contribution in [1.29, 1.82) is 0 Å². The molecule has 0 amide bonds. The third-order valence-electron chi connectivity index (χ3n) is 4.07. The average Bonchev–Trinajstić information content (AvgIpc) is 2.89. The van der Waals surface area contributed by atoms with Crippen molar-refractivity contribution in [2.45, 2.75) is 40.0 Å². The molecule has 0 unspecified atom stereocenters. The zero-order valence-corrected chi connectivity index (χ0v) is 12.6. The zero-order chi connectivity index (χ0) is 14.5. The SMILES string of the molecule is CC(=O)OC[C@H]1C=C(Cc2ccoc2)[C@@H](C(C)C)CC1. The van der Waals surface area contributed by atoms with Crippen LogP contribution in [0.5, 0.6) is 0 Å². The third-order valence-corrected chi connectivity index (χ3v) is 4.07. The summed E-state index contributed by atoms with van der Waals surface area (Å²) in [5, 5.41) is 0. The fraction of sp³-hybridized carbons (Fsp3) is 0.588. The maximum absolute atomic E-state index is 10.9. The lowest BCUT2D eigenvalue weighted by Gasteiger charge is -2.31. The minimum absolute atomic E-state index is 0.194. The van der Waals surface area contributed by atoms with E-state index >= 15 is 0 Å². The van der Waals surface area contributed by atoms with E-state index in [4.69, 9.17) is 9.15 Å². The first kappa shape index (κ1) is 14.9. The number of hydrogen-bond donors (Lipinski definition) is 0. The first-order valence-electron chi connectivity index (χ1n) is 7.41. The van der Waals surface area contributed by atoms with Crippen LogP contribution in [0.4, 0.5) is 0 Å². The van der Waals surface area contributed by atoms with Crippen molar-refractivity contribution in [1.82, 2.24) is 0 Å². The van der Waals surface area contributed by atoms with Crippen molar-refractivity contribution >= 4 is 5.97 Å². The minimum atomic E-state index is -0.194. The Kier molecular flexibility index (Phi) is 5.05. The molecule has 3 nitrogen and oxygen atoms in total. The van der Waals surface area contributed by atoms with Crippen LogP contribution in [0.15, 0.2) is 34.7 Å². The van der Waals surface area contributed by atoms with E-state index in [9.17, 15) is 4.79 Å². The third kappa shape index (κ3) is 3.99. The van der Waals surface area contributed by atoms with Gasteiger partial charge in [0.15, 0.2) is 0 Å². The number of esters is 1. The van der Waals surface area contributed by atoms with E-state index in [2.05, 4.69) is 19.9 Å². The number of carbonyl (C=O) groups excluding carboxylic acids is 1. The van der Waals surface area contributed by atoms with Gasteiger partial charge in [0.05, 0.1) is 19.1 Å². The van der Waals surface area contributed by atoms with Crippen molar-refractivity contribution < 1.29 is 13.9 Å². The second-order valence-electron chi connectivity index (χ2n) is 6.04. The van der Waals surface area contributed by atoms with E-state index in [1.165, 1.54) is 24.5 Å². The summed E-state index contributed by atoms with van der Waals surface area (Å²) in [4.78, 5) is 10.9. The predicted molar refractivity (Wildman–Crippen MR) is 78.2 cm³/mol. The zero-order valence-electron chi connectivity index (χ0n) is 12.6. The van der Waals surface area contributed by atoms with Crippen molar-refractivity contribution in [2.24, 2.45) is 17.8 Å². The molecule has 2 rings (SSSR count). The normalized spacial score (nSPS) is 22.7. The Bertz CT molecular complexity index is 457. The first-order chi connectivity index (χ1) is 9.56. The standard InChI is InChI=1S/C17H24O3/c1-12(2)17-5-4-14(11-20-13(3)18)8-16(17)9-15-6-7-19-10-15/h6-8,10,12,14,17H,4-5,9,11H2,1-3H3/t14-,17-/m1/s1. The number of ether oxygens (including phenoxy) is 1. The van der Waals surface area contributed by atoms with Crippen molar-refractivity contribution in [3.05, 3.63) is 35.8 Å². The number of carbonyl (C=O) groups is 1. The Balaban J connectivity index is 2.08. The lowest BCUT2D eigenvalue weighted by atomic mass is 9.75. The molecule has 0 saturated carbocycles. The molecule has 2 atom stereocenters. The topological polar surface area (TPSA) is 39.4 Å². The first-order valence-corrected chi connectivity index (χ1v) is 7.41. The quantitative estimate of drug-likeness (QED) is 0.603. The van der Waals surface area contributed by atoms with Gasteiger partial charge in [0, 0.05) is 12.8 Å². The van der Waals surface area contributed by atoms with Crippen molar-refractivity contribution in [3.8, 4) is 0 Å². The molecule has 1 aromatic rings. The molecule has 1 heterocycles. The van der Waals surface area contributed by atoms with Gasteiger partial charge < -0.3 is 9.15 Å². The molecule has 0 saturated heterocycles. The highest BCUT2D eigenvalue weighted by molar-refractivity contribution is 5.65. The van der Waals surface area contributed by atoms with Crippen molar-refractivity contribution in [2.75, 3.05) is 6.61 Å². The Hall–Kier alpha value is -1.51. The molecule has 0 radical (unpaired) electrons. The van der Waals surface area contributed by atoms with Gasteiger partial charge in [-0.2, -0.15) is 0 Å². The van der Waals surface area contributed by atoms with Crippen LogP contribution in [0.25, 0.3) is 0 Å². The molecule has 0 aromatic carbocycles. The van der Waals surface area contributed by atoms with Crippen LogP contribution in [0, 0.1) is 17.8 Å². The molecule has 3 heteroatoms. The smallest absolute Gasteiger partial charge is 0.302 e. The molecule has 0 spiro atoms. The van der Waals surface area contributed by atoms with Gasteiger partial charge in [-0.05, 0) is 42.7 Å². The Morgan fingerprint density at radius 2 is 2.25 bits per heavy atom. The molecule has 1 aliphatic carbocycles. The van der Waals surface area contributed by atoms with Gasteiger partial charge in [-0.3, -0.25) is 4.79 Å². The Morgan fingerprint density at radius 1 is 1.45 bits per heavy atom. The second-order valence-corrected chi connectivity index (χ2v) is 6.04. The lowest BCUT2D eigenvalue weighted by molar-refractivity contribution is -0.142. The number of furan rings is 1. The van der Waals surface area contributed by atoms with Crippen LogP contribution in [-0.2, 0) is 16.0 Å². The summed E-state index contributed by atoms with van der Waals surface area (Å²) in [6.07, 6.45) is 9.08. The summed E-state index contributed by atoms with van der Waals surface area (Å²) in [6.45, 7) is 6.53. The monoisotopic (exact) mass is 276 g/mol. The Morgan fingerprint density at radius 3 is 2.85 bits per heavy atom. The summed E-state index contributed by atoms with van der Waals surface area (Å²) in [7, 11) is 0. The van der Waals surface area contributed by atoms with Gasteiger partial charge in [-0.25, -0.2) is 0 Å². The Labute approximate surface area is 121 Å². The van der Waals surface area contributed by atoms with Gasteiger partial charge in [0.25, 0.3) is 0 Å². The molecule has 0 fully saturated rings. The maximum Gasteiger partial charge on any atom is 0.302 e. The summed E-state index contributed by atoms with van der Waals surface area (Å²) in [5.74, 6) is 1.43. The summed E-state index contributed by atoms with van der Waals surface area (Å²) in [5.41, 5.74) is 2.68. The van der Waals surface area contributed by atoms with E-state index in [-0.39, 0.29) is 5.97 Å². The number of allylic oxidation sites excluding steroid dienone is 1. The van der Waals surface area contributed by atoms with E-state index in [0.29, 0.717) is 24.4 Å². The van der Waals surface area contributed by atoms with Crippen LogP contribution in [0.2, 0.25) is 0 Å². The molecule has 1 aliphatic rings. The molecule has 1 aromatic heterocycles. The summed E-state index contributed by atoms with van der Waals surface area (Å²) < 4.78 is 10.3. The fourth-order valence-electron chi connectivity index (χ4n) is 3.02. The highest BCUT2D eigenvalue weighted by Crippen LogP contribution is 2.35. The molecule has 0 aliphatic heterocycles. The lowest BCUT2D eigenvalue weighted by Crippen LogP contribution is -2.23. The summed E-state index contributed by atoms with van der Waals surface area (Å²) >= 11 is 0. The predicted octanol–water partition coefficient (Wildman–Crippen LogP) is 3.99. The highest BCUT2D eigenvalue weighted by atomic mass is 16.5. The molecule has 110 valence electrons. The largest absolute Gasteiger partial charge is 0.472 e. The fourth-order valence-corrected chi connectivity index (χ4v) is 3.02. The van der Waals surface area contributed by atoms with Crippen molar-refractivity contribution in [3.63, 3.8) is 0 Å². The molecular weight excluding hydrogens is 252 g/mol. The van der Waals surface area contributed by atoms with E-state index in [0.717, 1.165) is 12.8 Å². The van der Waals surface area contributed by atoms with E-state index in [1.54, 1.807) is 6.26 Å². The molecule has 0 N–H and O–H groups in total. The second kappa shape index (κ2) is 6.78. The van der Waals surface area contributed by atoms with Gasteiger partial charge in [0.2, 0.25) is 0 Å². The van der Waals surface area contributed by atoms with Gasteiger partial charge in [-0.1, -0.05) is 25.5 Å². The van der Waals surface area contributed by atoms with E-state index in [1.807, 2.05) is 12.3 Å². The molecule has 0 bridgehead atoms. The number of rotatable bonds is 5. The number of hydrogen-bond acceptors (Lipinski definition) is 3. The van der Waals surface area contributed by atoms with Crippen LogP contribution < -0.4 is 0 Å². The van der Waals surface area contributed by atoms with Gasteiger partial charge >= 0.3 is 5.97 Å². The van der Waals surface area contributed by atoms with Gasteiger partial charge in [-0.15, -0.1) is 0 Å². The molecular formula is C17H24O3. The summed E-state index contributed by atoms with van der Waals surface area (Å²) in [6, 6.07) is 2.02. The molecule has 20 heavy (non-hydrogen) atoms.